The number of rotatable bonds is 11. The van der Waals surface area contributed by atoms with Gasteiger partial charge in [-0.3, -0.25) is 9.36 Å². The number of allylic oxidation sites excluding steroid dienone is 1. The minimum Gasteiger partial charge on any atom is -0.497 e. The van der Waals surface area contributed by atoms with Gasteiger partial charge in [-0.25, -0.2) is 4.39 Å². The highest BCUT2D eigenvalue weighted by atomic mass is 32.2. The lowest BCUT2D eigenvalue weighted by molar-refractivity contribution is -0.113. The zero-order valence-electron chi connectivity index (χ0n) is 17.7. The number of carbonyl (C=O) groups excluding carboxylic acids is 1. The van der Waals surface area contributed by atoms with Crippen molar-refractivity contribution in [2.45, 2.75) is 18.3 Å². The Morgan fingerprint density at radius 1 is 1.16 bits per heavy atom. The van der Waals surface area contributed by atoms with Crippen LogP contribution in [0.4, 0.5) is 10.1 Å². The number of hydrogen-bond donors (Lipinski definition) is 1. The third-order valence-electron chi connectivity index (χ3n) is 4.30. The zero-order chi connectivity index (χ0) is 22.9. The molecule has 32 heavy (non-hydrogen) atoms. The Morgan fingerprint density at radius 3 is 2.59 bits per heavy atom. The van der Waals surface area contributed by atoms with Crippen LogP contribution in [0.5, 0.6) is 17.2 Å². The van der Waals surface area contributed by atoms with Crippen LogP contribution in [0.3, 0.4) is 0 Å². The normalized spacial score (nSPS) is 10.5. The topological polar surface area (TPSA) is 87.5 Å². The van der Waals surface area contributed by atoms with Crippen molar-refractivity contribution in [3.05, 3.63) is 66.8 Å². The van der Waals surface area contributed by atoms with E-state index in [9.17, 15) is 9.18 Å². The largest absolute Gasteiger partial charge is 0.497 e. The molecule has 0 aliphatic heterocycles. The molecule has 0 saturated heterocycles. The van der Waals surface area contributed by atoms with Crippen LogP contribution < -0.4 is 19.5 Å². The molecular weight excluding hydrogens is 435 g/mol. The Kier molecular flexibility index (Phi) is 8.09. The van der Waals surface area contributed by atoms with E-state index in [1.54, 1.807) is 36.0 Å². The highest BCUT2D eigenvalue weighted by molar-refractivity contribution is 7.99. The summed E-state index contributed by atoms with van der Waals surface area (Å²) in [5.74, 6) is 1.74. The molecule has 1 aromatic heterocycles. The number of methoxy groups -OCH3 is 2. The second-order valence-corrected chi connectivity index (χ2v) is 7.39. The van der Waals surface area contributed by atoms with Gasteiger partial charge in [0.2, 0.25) is 5.91 Å². The number of thioether (sulfide) groups is 1. The van der Waals surface area contributed by atoms with Crippen LogP contribution in [0.25, 0.3) is 0 Å². The molecule has 0 aliphatic rings. The molecule has 1 N–H and O–H groups in total. The van der Waals surface area contributed by atoms with Crippen molar-refractivity contribution in [1.82, 2.24) is 14.8 Å². The lowest BCUT2D eigenvalue weighted by Crippen LogP contribution is -2.15. The Labute approximate surface area is 189 Å². The van der Waals surface area contributed by atoms with Crippen molar-refractivity contribution in [3.8, 4) is 17.2 Å². The molecule has 168 valence electrons. The molecule has 0 fully saturated rings. The van der Waals surface area contributed by atoms with Gasteiger partial charge in [-0.05, 0) is 36.4 Å². The minimum atomic E-state index is -0.337. The first-order valence-electron chi connectivity index (χ1n) is 9.60. The Balaban J connectivity index is 1.63. The summed E-state index contributed by atoms with van der Waals surface area (Å²) in [6.45, 7) is 4.35. The molecule has 1 amide bonds. The third kappa shape index (κ3) is 6.01. The van der Waals surface area contributed by atoms with Gasteiger partial charge >= 0.3 is 0 Å². The summed E-state index contributed by atoms with van der Waals surface area (Å²) in [5.41, 5.74) is 0.512. The zero-order valence-corrected chi connectivity index (χ0v) is 18.5. The van der Waals surface area contributed by atoms with E-state index >= 15 is 0 Å². The highest BCUT2D eigenvalue weighted by Gasteiger charge is 2.15. The van der Waals surface area contributed by atoms with Crippen LogP contribution in [0.2, 0.25) is 0 Å². The maximum Gasteiger partial charge on any atom is 0.234 e. The quantitative estimate of drug-likeness (QED) is 0.344. The van der Waals surface area contributed by atoms with Gasteiger partial charge in [-0.2, -0.15) is 0 Å². The lowest BCUT2D eigenvalue weighted by Gasteiger charge is -2.12. The van der Waals surface area contributed by atoms with Gasteiger partial charge in [0.05, 0.1) is 25.7 Å². The minimum absolute atomic E-state index is 0.106. The number of hydrogen-bond acceptors (Lipinski definition) is 7. The molecule has 0 spiro atoms. The van der Waals surface area contributed by atoms with Crippen LogP contribution >= 0.6 is 11.8 Å². The number of carbonyl (C=O) groups is 1. The van der Waals surface area contributed by atoms with E-state index in [0.29, 0.717) is 40.5 Å². The molecule has 2 aromatic carbocycles. The van der Waals surface area contributed by atoms with Gasteiger partial charge in [-0.1, -0.05) is 17.8 Å². The molecule has 0 atom stereocenters. The summed E-state index contributed by atoms with van der Waals surface area (Å²) in [7, 11) is 3.08. The van der Waals surface area contributed by atoms with Crippen molar-refractivity contribution < 1.29 is 23.4 Å². The van der Waals surface area contributed by atoms with Crippen molar-refractivity contribution >= 4 is 23.4 Å². The number of benzene rings is 2. The molecule has 0 aliphatic carbocycles. The summed E-state index contributed by atoms with van der Waals surface area (Å²) in [6, 6.07) is 10.9. The summed E-state index contributed by atoms with van der Waals surface area (Å²) < 4.78 is 31.0. The summed E-state index contributed by atoms with van der Waals surface area (Å²) in [4.78, 5) is 12.5. The van der Waals surface area contributed by atoms with Crippen LogP contribution in [0.1, 0.15) is 5.82 Å². The fraction of sp³-hybridized carbons (Fsp3) is 0.227. The van der Waals surface area contributed by atoms with Crippen molar-refractivity contribution in [1.29, 1.82) is 0 Å². The SMILES string of the molecule is C=CCn1c(COc2ccc(F)cc2)nnc1SCC(=O)Nc1cc(OC)ccc1OC. The van der Waals surface area contributed by atoms with Crippen molar-refractivity contribution in [2.75, 3.05) is 25.3 Å². The number of aromatic nitrogens is 3. The number of amides is 1. The smallest absolute Gasteiger partial charge is 0.234 e. The molecule has 10 heteroatoms. The first-order valence-corrected chi connectivity index (χ1v) is 10.6. The van der Waals surface area contributed by atoms with Gasteiger partial charge in [0, 0.05) is 12.6 Å². The molecule has 1 heterocycles. The molecule has 0 radical (unpaired) electrons. The predicted octanol–water partition coefficient (Wildman–Crippen LogP) is 3.93. The van der Waals surface area contributed by atoms with Crippen LogP contribution in [-0.2, 0) is 17.9 Å². The Morgan fingerprint density at radius 2 is 1.91 bits per heavy atom. The molecule has 3 rings (SSSR count). The molecule has 8 nitrogen and oxygen atoms in total. The van der Waals surface area contributed by atoms with Gasteiger partial charge in [0.15, 0.2) is 11.0 Å². The van der Waals surface area contributed by atoms with Gasteiger partial charge in [-0.15, -0.1) is 16.8 Å². The van der Waals surface area contributed by atoms with Gasteiger partial charge < -0.3 is 19.5 Å². The van der Waals surface area contributed by atoms with E-state index in [1.807, 2.05) is 0 Å². The van der Waals surface area contributed by atoms with E-state index in [-0.39, 0.29) is 24.1 Å². The maximum atomic E-state index is 13.0. The standard InChI is InChI=1S/C22H23FN4O4S/c1-4-11-27-20(13-31-16-7-5-15(23)6-8-16)25-26-22(27)32-14-21(28)24-18-12-17(29-2)9-10-19(18)30-3/h4-10,12H,1,11,13-14H2,2-3H3,(H,24,28). The van der Waals surface area contributed by atoms with E-state index in [2.05, 4.69) is 22.1 Å². The second kappa shape index (κ2) is 11.2. The predicted molar refractivity (Wildman–Crippen MR) is 120 cm³/mol. The molecule has 0 saturated carbocycles. The molecule has 0 unspecified atom stereocenters. The Hall–Kier alpha value is -3.53. The van der Waals surface area contributed by atoms with Gasteiger partial charge in [0.25, 0.3) is 0 Å². The molecule has 3 aromatic rings. The number of nitrogens with zero attached hydrogens (tertiary/aromatic N) is 3. The van der Waals surface area contributed by atoms with Crippen LogP contribution in [0, 0.1) is 5.82 Å². The summed E-state index contributed by atoms with van der Waals surface area (Å²) >= 11 is 1.23. The molecular formula is C22H23FN4O4S. The first-order chi connectivity index (χ1) is 15.5. The van der Waals surface area contributed by atoms with E-state index < -0.39 is 0 Å². The number of anilines is 1. The van der Waals surface area contributed by atoms with E-state index in [1.165, 1.54) is 43.1 Å². The second-order valence-electron chi connectivity index (χ2n) is 6.44. The average molecular weight is 459 g/mol. The molecule has 0 bridgehead atoms. The summed E-state index contributed by atoms with van der Waals surface area (Å²) in [5, 5.41) is 11.7. The van der Waals surface area contributed by atoms with Crippen LogP contribution in [0.15, 0.2) is 60.3 Å². The van der Waals surface area contributed by atoms with E-state index in [4.69, 9.17) is 14.2 Å². The Bertz CT molecular complexity index is 1070. The summed E-state index contributed by atoms with van der Waals surface area (Å²) in [6.07, 6.45) is 1.70. The fourth-order valence-corrected chi connectivity index (χ4v) is 3.52. The van der Waals surface area contributed by atoms with Crippen molar-refractivity contribution in [2.24, 2.45) is 0 Å². The number of nitrogens with one attached hydrogen (secondary N) is 1. The van der Waals surface area contributed by atoms with Crippen LogP contribution in [-0.4, -0.2) is 40.6 Å². The lowest BCUT2D eigenvalue weighted by atomic mass is 10.2. The van der Waals surface area contributed by atoms with E-state index in [0.717, 1.165) is 0 Å². The monoisotopic (exact) mass is 458 g/mol. The number of halogens is 1. The maximum absolute atomic E-state index is 13.0. The third-order valence-corrected chi connectivity index (χ3v) is 5.27. The van der Waals surface area contributed by atoms with Crippen molar-refractivity contribution in [3.63, 3.8) is 0 Å². The van der Waals surface area contributed by atoms with Gasteiger partial charge in [0.1, 0.15) is 29.7 Å². The number of ether oxygens (including phenoxy) is 3. The first kappa shape index (κ1) is 23.1. The fourth-order valence-electron chi connectivity index (χ4n) is 2.75. The highest BCUT2D eigenvalue weighted by Crippen LogP contribution is 2.29. The average Bonchev–Trinajstić information content (AvgIpc) is 3.19.